The number of nitrogens with one attached hydrogen (secondary N) is 1. The van der Waals surface area contributed by atoms with Crippen LogP contribution in [0.25, 0.3) is 0 Å². The summed E-state index contributed by atoms with van der Waals surface area (Å²) >= 11 is 7.60. The van der Waals surface area contributed by atoms with E-state index in [0.29, 0.717) is 10.6 Å². The number of carboxylic acids is 1. The smallest absolute Gasteiger partial charge is 0.345 e. The minimum atomic E-state index is -1.03. The molecule has 0 fully saturated rings. The lowest BCUT2D eigenvalue weighted by Gasteiger charge is -2.06. The molecule has 1 amide bonds. The van der Waals surface area contributed by atoms with Gasteiger partial charge in [0, 0.05) is 8.95 Å². The van der Waals surface area contributed by atoms with Gasteiger partial charge in [0.1, 0.15) is 4.88 Å². The number of thiophene rings is 1. The normalized spacial score (nSPS) is 10.2. The summed E-state index contributed by atoms with van der Waals surface area (Å²) in [4.78, 5) is 23.2. The van der Waals surface area contributed by atoms with E-state index in [-0.39, 0.29) is 10.8 Å². The number of rotatable bonds is 3. The number of carboxylic acid groups (broad SMARTS) is 1. The zero-order chi connectivity index (χ0) is 14.0. The van der Waals surface area contributed by atoms with Crippen LogP contribution in [-0.4, -0.2) is 17.0 Å². The standard InChI is InChI=1S/C12H7Br2NO3S/c13-6-1-2-8(7(14)5-6)15-11(16)9-3-4-10(19-9)12(17)18/h1-5H,(H,15,16)(H,17,18). The molecule has 0 bridgehead atoms. The summed E-state index contributed by atoms with van der Waals surface area (Å²) in [5, 5.41) is 11.5. The van der Waals surface area contributed by atoms with Gasteiger partial charge >= 0.3 is 5.97 Å². The molecule has 0 radical (unpaired) electrons. The number of anilines is 1. The van der Waals surface area contributed by atoms with E-state index in [4.69, 9.17) is 5.11 Å². The van der Waals surface area contributed by atoms with Crippen LogP contribution >= 0.6 is 43.2 Å². The lowest BCUT2D eigenvalue weighted by molar-refractivity contribution is 0.0702. The maximum atomic E-state index is 12.0. The molecule has 0 saturated heterocycles. The topological polar surface area (TPSA) is 66.4 Å². The zero-order valence-electron chi connectivity index (χ0n) is 9.31. The van der Waals surface area contributed by atoms with E-state index in [0.717, 1.165) is 20.3 Å². The van der Waals surface area contributed by atoms with Crippen LogP contribution in [0.2, 0.25) is 0 Å². The molecule has 7 heteroatoms. The highest BCUT2D eigenvalue weighted by atomic mass is 79.9. The number of carbonyl (C=O) groups is 2. The van der Waals surface area contributed by atoms with Crippen molar-refractivity contribution in [1.29, 1.82) is 0 Å². The second-order valence-electron chi connectivity index (χ2n) is 3.55. The Balaban J connectivity index is 2.18. The van der Waals surface area contributed by atoms with Gasteiger partial charge in [-0.05, 0) is 46.3 Å². The Hall–Kier alpha value is -1.18. The fourth-order valence-electron chi connectivity index (χ4n) is 1.35. The van der Waals surface area contributed by atoms with E-state index in [2.05, 4.69) is 37.2 Å². The van der Waals surface area contributed by atoms with Crippen molar-refractivity contribution in [3.63, 3.8) is 0 Å². The van der Waals surface area contributed by atoms with Crippen LogP contribution in [-0.2, 0) is 0 Å². The zero-order valence-corrected chi connectivity index (χ0v) is 13.3. The Morgan fingerprint density at radius 2 is 1.79 bits per heavy atom. The largest absolute Gasteiger partial charge is 0.477 e. The van der Waals surface area contributed by atoms with Gasteiger partial charge in [0.2, 0.25) is 0 Å². The Kier molecular flexibility index (Phi) is 4.38. The van der Waals surface area contributed by atoms with Gasteiger partial charge in [-0.2, -0.15) is 0 Å². The number of benzene rings is 1. The van der Waals surface area contributed by atoms with E-state index in [9.17, 15) is 9.59 Å². The van der Waals surface area contributed by atoms with Gasteiger partial charge in [-0.1, -0.05) is 15.9 Å². The minimum absolute atomic E-state index is 0.139. The first-order valence-corrected chi connectivity index (χ1v) is 7.47. The Morgan fingerprint density at radius 1 is 1.11 bits per heavy atom. The van der Waals surface area contributed by atoms with Crippen molar-refractivity contribution in [3.8, 4) is 0 Å². The highest BCUT2D eigenvalue weighted by molar-refractivity contribution is 9.11. The molecule has 4 nitrogen and oxygen atoms in total. The van der Waals surface area contributed by atoms with E-state index < -0.39 is 5.97 Å². The highest BCUT2D eigenvalue weighted by Crippen LogP contribution is 2.27. The summed E-state index contributed by atoms with van der Waals surface area (Å²) in [5.74, 6) is -1.37. The van der Waals surface area contributed by atoms with Crippen molar-refractivity contribution in [2.24, 2.45) is 0 Å². The summed E-state index contributed by atoms with van der Waals surface area (Å²) in [6.07, 6.45) is 0. The third-order valence-electron chi connectivity index (χ3n) is 2.22. The third kappa shape index (κ3) is 3.43. The molecule has 0 aliphatic heterocycles. The maximum absolute atomic E-state index is 12.0. The van der Waals surface area contributed by atoms with E-state index in [1.165, 1.54) is 12.1 Å². The highest BCUT2D eigenvalue weighted by Gasteiger charge is 2.14. The van der Waals surface area contributed by atoms with Gasteiger partial charge in [-0.15, -0.1) is 11.3 Å². The van der Waals surface area contributed by atoms with Crippen LogP contribution in [0, 0.1) is 0 Å². The van der Waals surface area contributed by atoms with E-state index >= 15 is 0 Å². The predicted molar refractivity (Wildman–Crippen MR) is 81.1 cm³/mol. The monoisotopic (exact) mass is 403 g/mol. The fourth-order valence-corrected chi connectivity index (χ4v) is 3.24. The number of carbonyl (C=O) groups excluding carboxylic acids is 1. The lowest BCUT2D eigenvalue weighted by atomic mass is 10.3. The van der Waals surface area contributed by atoms with Crippen LogP contribution in [0.15, 0.2) is 39.3 Å². The van der Waals surface area contributed by atoms with Crippen molar-refractivity contribution >= 4 is 60.8 Å². The Morgan fingerprint density at radius 3 is 2.37 bits per heavy atom. The SMILES string of the molecule is O=C(O)c1ccc(C(=O)Nc2ccc(Br)cc2Br)s1. The molecule has 0 saturated carbocycles. The average Bonchev–Trinajstić information content (AvgIpc) is 2.82. The number of hydrogen-bond acceptors (Lipinski definition) is 3. The molecule has 1 heterocycles. The molecular weight excluding hydrogens is 398 g/mol. The van der Waals surface area contributed by atoms with Crippen LogP contribution in [0.1, 0.15) is 19.3 Å². The van der Waals surface area contributed by atoms with Gasteiger partial charge in [-0.3, -0.25) is 4.79 Å². The molecule has 19 heavy (non-hydrogen) atoms. The summed E-state index contributed by atoms with van der Waals surface area (Å²) < 4.78 is 1.63. The van der Waals surface area contributed by atoms with Gasteiger partial charge in [0.25, 0.3) is 5.91 Å². The maximum Gasteiger partial charge on any atom is 0.345 e. The number of aromatic carboxylic acids is 1. The van der Waals surface area contributed by atoms with Crippen LogP contribution < -0.4 is 5.32 Å². The number of halogens is 2. The number of hydrogen-bond donors (Lipinski definition) is 2. The molecule has 1 aromatic heterocycles. The molecule has 2 rings (SSSR count). The quantitative estimate of drug-likeness (QED) is 0.804. The molecule has 0 unspecified atom stereocenters. The van der Waals surface area contributed by atoms with Crippen LogP contribution in [0.5, 0.6) is 0 Å². The van der Waals surface area contributed by atoms with Gasteiger partial charge in [-0.25, -0.2) is 4.79 Å². The van der Waals surface area contributed by atoms with Gasteiger partial charge in [0.15, 0.2) is 0 Å². The van der Waals surface area contributed by atoms with Crippen LogP contribution in [0.4, 0.5) is 5.69 Å². The molecule has 2 aromatic rings. The molecule has 0 aliphatic carbocycles. The second-order valence-corrected chi connectivity index (χ2v) is 6.40. The second kappa shape index (κ2) is 5.85. The molecule has 1 aromatic carbocycles. The molecule has 2 N–H and O–H groups in total. The molecular formula is C12H7Br2NO3S. The van der Waals surface area contributed by atoms with Crippen molar-refractivity contribution in [2.75, 3.05) is 5.32 Å². The first-order chi connectivity index (χ1) is 8.97. The van der Waals surface area contributed by atoms with Crippen molar-refractivity contribution in [1.82, 2.24) is 0 Å². The van der Waals surface area contributed by atoms with Gasteiger partial charge in [0.05, 0.1) is 10.6 Å². The molecule has 98 valence electrons. The van der Waals surface area contributed by atoms with Crippen LogP contribution in [0.3, 0.4) is 0 Å². The average molecular weight is 405 g/mol. The summed E-state index contributed by atoms with van der Waals surface area (Å²) in [7, 11) is 0. The van der Waals surface area contributed by atoms with Crippen molar-refractivity contribution < 1.29 is 14.7 Å². The van der Waals surface area contributed by atoms with Gasteiger partial charge < -0.3 is 10.4 Å². The molecule has 0 atom stereocenters. The van der Waals surface area contributed by atoms with E-state index in [1.807, 2.05) is 6.07 Å². The van der Waals surface area contributed by atoms with Crippen molar-refractivity contribution in [3.05, 3.63) is 49.0 Å². The third-order valence-corrected chi connectivity index (χ3v) is 4.44. The first kappa shape index (κ1) is 14.2. The number of amides is 1. The fraction of sp³-hybridized carbons (Fsp3) is 0. The Labute approximate surface area is 129 Å². The summed E-state index contributed by atoms with van der Waals surface area (Å²) in [5.41, 5.74) is 0.624. The summed E-state index contributed by atoms with van der Waals surface area (Å²) in [6, 6.07) is 8.27. The minimum Gasteiger partial charge on any atom is -0.477 e. The van der Waals surface area contributed by atoms with Crippen molar-refractivity contribution in [2.45, 2.75) is 0 Å². The Bertz CT molecular complexity index is 654. The molecule has 0 aliphatic rings. The lowest BCUT2D eigenvalue weighted by Crippen LogP contribution is -2.10. The van der Waals surface area contributed by atoms with E-state index in [1.54, 1.807) is 12.1 Å². The summed E-state index contributed by atoms with van der Waals surface area (Å²) in [6.45, 7) is 0. The predicted octanol–water partition coefficient (Wildman–Crippen LogP) is 4.22. The first-order valence-electron chi connectivity index (χ1n) is 5.07. The molecule has 0 spiro atoms.